The number of para-hydroxylation sites is 1. The van der Waals surface area contributed by atoms with Crippen LogP contribution in [0.1, 0.15) is 12.5 Å². The number of aromatic hydroxyl groups is 1. The molecular weight excluding hydrogens is 332 g/mol. The zero-order valence-electron chi connectivity index (χ0n) is 13.8. The molecule has 0 radical (unpaired) electrons. The molecule has 128 valence electrons. The fourth-order valence-electron chi connectivity index (χ4n) is 2.79. The van der Waals surface area contributed by atoms with Crippen LogP contribution >= 0.6 is 0 Å². The van der Waals surface area contributed by atoms with E-state index in [-0.39, 0.29) is 17.0 Å². The minimum Gasteiger partial charge on any atom is -0.493 e. The number of nitrogens with zero attached hydrogens (tertiary/aromatic N) is 4. The van der Waals surface area contributed by atoms with Crippen LogP contribution in [0.5, 0.6) is 5.88 Å². The van der Waals surface area contributed by atoms with Crippen molar-refractivity contribution < 1.29 is 9.90 Å². The summed E-state index contributed by atoms with van der Waals surface area (Å²) in [5.41, 5.74) is 1.12. The number of anilines is 1. The van der Waals surface area contributed by atoms with Crippen molar-refractivity contribution in [3.63, 3.8) is 0 Å². The molecule has 7 nitrogen and oxygen atoms in total. The summed E-state index contributed by atoms with van der Waals surface area (Å²) in [6.07, 6.45) is 2.90. The van der Waals surface area contributed by atoms with E-state index in [1.807, 2.05) is 6.07 Å². The van der Waals surface area contributed by atoms with Crippen LogP contribution in [-0.4, -0.2) is 26.1 Å². The van der Waals surface area contributed by atoms with Crippen molar-refractivity contribution in [1.82, 2.24) is 9.38 Å². The first-order chi connectivity index (χ1) is 12.6. The molecule has 1 aliphatic rings. The molecule has 0 saturated heterocycles. The summed E-state index contributed by atoms with van der Waals surface area (Å²) >= 11 is 0. The highest BCUT2D eigenvalue weighted by Gasteiger charge is 2.29. The van der Waals surface area contributed by atoms with Crippen molar-refractivity contribution >= 4 is 29.0 Å². The fourth-order valence-corrected chi connectivity index (χ4v) is 2.79. The average Bonchev–Trinajstić information content (AvgIpc) is 2.93. The van der Waals surface area contributed by atoms with Crippen molar-refractivity contribution in [3.8, 4) is 5.88 Å². The van der Waals surface area contributed by atoms with Gasteiger partial charge in [0.25, 0.3) is 11.5 Å². The number of carbonyl (C=O) groups is 1. The zero-order chi connectivity index (χ0) is 18.3. The molecular formula is C19H14N4O3. The molecule has 0 saturated carbocycles. The van der Waals surface area contributed by atoms with Crippen LogP contribution in [0.15, 0.2) is 70.2 Å². The van der Waals surface area contributed by atoms with Gasteiger partial charge in [0, 0.05) is 6.20 Å². The molecule has 0 aliphatic carbocycles. The summed E-state index contributed by atoms with van der Waals surface area (Å²) in [4.78, 5) is 29.4. The first-order valence-corrected chi connectivity index (χ1v) is 7.93. The lowest BCUT2D eigenvalue weighted by Crippen LogP contribution is -2.22. The molecule has 1 amide bonds. The number of hydrogen-bond donors (Lipinski definition) is 1. The van der Waals surface area contributed by atoms with E-state index >= 15 is 0 Å². The van der Waals surface area contributed by atoms with E-state index in [1.165, 1.54) is 15.5 Å². The second-order valence-corrected chi connectivity index (χ2v) is 5.78. The number of hydrazone groups is 1. The molecule has 1 aromatic carbocycles. The lowest BCUT2D eigenvalue weighted by Gasteiger charge is -2.11. The van der Waals surface area contributed by atoms with E-state index in [0.29, 0.717) is 17.0 Å². The van der Waals surface area contributed by atoms with Gasteiger partial charge in [0.2, 0.25) is 5.88 Å². The lowest BCUT2D eigenvalue weighted by molar-refractivity contribution is -0.114. The second kappa shape index (κ2) is 5.96. The number of amides is 1. The maximum Gasteiger partial charge on any atom is 0.280 e. The summed E-state index contributed by atoms with van der Waals surface area (Å²) in [5.74, 6) is -0.793. The maximum atomic E-state index is 12.7. The highest BCUT2D eigenvalue weighted by Crippen LogP contribution is 2.25. The third-order valence-electron chi connectivity index (χ3n) is 4.10. The van der Waals surface area contributed by atoms with E-state index < -0.39 is 11.4 Å². The van der Waals surface area contributed by atoms with Crippen molar-refractivity contribution in [3.05, 3.63) is 76.2 Å². The van der Waals surface area contributed by atoms with Gasteiger partial charge in [-0.1, -0.05) is 24.3 Å². The predicted molar refractivity (Wildman–Crippen MR) is 98.1 cm³/mol. The smallest absolute Gasteiger partial charge is 0.280 e. The molecule has 4 rings (SSSR count). The highest BCUT2D eigenvalue weighted by molar-refractivity contribution is 6.32. The number of aromatic nitrogens is 2. The summed E-state index contributed by atoms with van der Waals surface area (Å²) < 4.78 is 1.31. The Labute approximate surface area is 148 Å². The van der Waals surface area contributed by atoms with Crippen molar-refractivity contribution in [2.75, 3.05) is 5.01 Å². The van der Waals surface area contributed by atoms with E-state index in [4.69, 9.17) is 0 Å². The monoisotopic (exact) mass is 346 g/mol. The van der Waals surface area contributed by atoms with Gasteiger partial charge in [-0.25, -0.2) is 0 Å². The largest absolute Gasteiger partial charge is 0.493 e. The predicted octanol–water partition coefficient (Wildman–Crippen LogP) is 2.21. The van der Waals surface area contributed by atoms with E-state index in [9.17, 15) is 14.7 Å². The molecule has 1 N–H and O–H groups in total. The minimum absolute atomic E-state index is 0.0542. The highest BCUT2D eigenvalue weighted by atomic mass is 16.3. The average molecular weight is 346 g/mol. The standard InChI is InChI=1S/C19H14N4O3/c1-12-14(19(26)23(21-12)13-7-3-2-4-8-13)11-15-17(24)20-16-9-5-6-10-22(16)18(15)25/h2-11,24H,1H3. The Bertz CT molecular complexity index is 1150. The van der Waals surface area contributed by atoms with Gasteiger partial charge in [0.05, 0.1) is 17.0 Å². The third kappa shape index (κ3) is 2.46. The fraction of sp³-hybridized carbons (Fsp3) is 0.0526. The molecule has 0 atom stereocenters. The molecule has 3 aromatic rings. The third-order valence-corrected chi connectivity index (χ3v) is 4.10. The SMILES string of the molecule is CC1=NN(c2ccccc2)C(=O)C1=Cc1c(O)nc2ccccn2c1=O. The Kier molecular flexibility index (Phi) is 3.62. The number of carbonyl (C=O) groups excluding carboxylic acids is 1. The molecule has 0 spiro atoms. The van der Waals surface area contributed by atoms with Gasteiger partial charge in [0.15, 0.2) is 0 Å². The molecule has 3 heterocycles. The lowest BCUT2D eigenvalue weighted by atomic mass is 10.1. The summed E-state index contributed by atoms with van der Waals surface area (Å²) in [6.45, 7) is 1.68. The van der Waals surface area contributed by atoms with Crippen LogP contribution in [-0.2, 0) is 4.79 Å². The van der Waals surface area contributed by atoms with Crippen LogP contribution in [0.3, 0.4) is 0 Å². The Balaban J connectivity index is 1.83. The van der Waals surface area contributed by atoms with Crippen LogP contribution in [0.4, 0.5) is 5.69 Å². The van der Waals surface area contributed by atoms with Crippen LogP contribution in [0.2, 0.25) is 0 Å². The minimum atomic E-state index is -0.459. The summed E-state index contributed by atoms with van der Waals surface area (Å²) in [6, 6.07) is 14.0. The molecule has 1 aliphatic heterocycles. The quantitative estimate of drug-likeness (QED) is 0.721. The van der Waals surface area contributed by atoms with Crippen molar-refractivity contribution in [2.24, 2.45) is 5.10 Å². The van der Waals surface area contributed by atoms with Crippen LogP contribution < -0.4 is 10.6 Å². The Morgan fingerprint density at radius 1 is 1.04 bits per heavy atom. The van der Waals surface area contributed by atoms with Gasteiger partial charge >= 0.3 is 0 Å². The van der Waals surface area contributed by atoms with E-state index in [1.54, 1.807) is 55.6 Å². The first-order valence-electron chi connectivity index (χ1n) is 7.93. The van der Waals surface area contributed by atoms with Gasteiger partial charge in [-0.3, -0.25) is 14.0 Å². The first kappa shape index (κ1) is 15.8. The van der Waals surface area contributed by atoms with Gasteiger partial charge in [-0.05, 0) is 37.3 Å². The molecule has 26 heavy (non-hydrogen) atoms. The number of rotatable bonds is 2. The van der Waals surface area contributed by atoms with E-state index in [2.05, 4.69) is 10.1 Å². The number of benzene rings is 1. The Morgan fingerprint density at radius 2 is 1.77 bits per heavy atom. The van der Waals surface area contributed by atoms with Crippen molar-refractivity contribution in [1.29, 1.82) is 0 Å². The van der Waals surface area contributed by atoms with Crippen LogP contribution in [0.25, 0.3) is 11.7 Å². The van der Waals surface area contributed by atoms with Gasteiger partial charge in [-0.2, -0.15) is 15.1 Å². The van der Waals surface area contributed by atoms with Crippen molar-refractivity contribution in [2.45, 2.75) is 6.92 Å². The normalized spacial score (nSPS) is 15.7. The molecule has 0 unspecified atom stereocenters. The van der Waals surface area contributed by atoms with E-state index in [0.717, 1.165) is 0 Å². The molecule has 2 aromatic heterocycles. The molecule has 0 bridgehead atoms. The maximum absolute atomic E-state index is 12.7. The number of pyridine rings is 1. The molecule has 0 fully saturated rings. The number of fused-ring (bicyclic) bond motifs is 1. The second-order valence-electron chi connectivity index (χ2n) is 5.78. The Morgan fingerprint density at radius 3 is 2.54 bits per heavy atom. The Hall–Kier alpha value is -3.74. The zero-order valence-corrected chi connectivity index (χ0v) is 13.8. The van der Waals surface area contributed by atoms with Gasteiger partial charge in [0.1, 0.15) is 11.2 Å². The summed E-state index contributed by atoms with van der Waals surface area (Å²) in [5, 5.41) is 15.7. The van der Waals surface area contributed by atoms with Crippen LogP contribution in [0, 0.1) is 0 Å². The number of hydrogen-bond acceptors (Lipinski definition) is 5. The van der Waals surface area contributed by atoms with Gasteiger partial charge in [-0.15, -0.1) is 0 Å². The summed E-state index contributed by atoms with van der Waals surface area (Å²) in [7, 11) is 0. The topological polar surface area (TPSA) is 87.3 Å². The van der Waals surface area contributed by atoms with Gasteiger partial charge < -0.3 is 5.11 Å². The molecule has 7 heteroatoms.